The molecule has 2 aromatic rings. The zero-order valence-electron chi connectivity index (χ0n) is 24.6. The van der Waals surface area contributed by atoms with Crippen LogP contribution in [0.2, 0.25) is 5.02 Å². The minimum Gasteiger partial charge on any atom is -0.436 e. The Hall–Kier alpha value is -3.02. The molecule has 3 aliphatic heterocycles. The number of carbonyl (C=O) groups is 3. The summed E-state index contributed by atoms with van der Waals surface area (Å²) in [6.07, 6.45) is 2.49. The monoisotopic (exact) mass is 616 g/mol. The Labute approximate surface area is 256 Å². The number of nitrogens with zero attached hydrogens (tertiary/aromatic N) is 4. The number of nitrogens with one attached hydrogen (secondary N) is 1. The van der Waals surface area contributed by atoms with Crippen molar-refractivity contribution in [2.75, 3.05) is 51.3 Å². The number of urea groups is 1. The van der Waals surface area contributed by atoms with Gasteiger partial charge in [0.1, 0.15) is 0 Å². The number of anilines is 2. The second kappa shape index (κ2) is 13.1. The Morgan fingerprint density at radius 2 is 1.83 bits per heavy atom. The van der Waals surface area contributed by atoms with E-state index >= 15 is 0 Å². The predicted octanol–water partition coefficient (Wildman–Crippen LogP) is 4.66. The first kappa shape index (κ1) is 30.4. The number of halogens is 1. The molecule has 12 heteroatoms. The lowest BCUT2D eigenvalue weighted by atomic mass is 9.99. The van der Waals surface area contributed by atoms with Crippen LogP contribution in [0.3, 0.4) is 0 Å². The van der Waals surface area contributed by atoms with Gasteiger partial charge in [0, 0.05) is 49.6 Å². The third kappa shape index (κ3) is 6.63. The van der Waals surface area contributed by atoms with Gasteiger partial charge >= 0.3 is 12.1 Å². The summed E-state index contributed by atoms with van der Waals surface area (Å²) >= 11 is 8.05. The Bertz CT molecular complexity index is 1300. The number of thiophene rings is 1. The number of carbonyl (C=O) groups excluding carboxylic acids is 3. The van der Waals surface area contributed by atoms with E-state index in [0.29, 0.717) is 68.7 Å². The summed E-state index contributed by atoms with van der Waals surface area (Å²) in [6, 6.07) is 5.99. The third-order valence-electron chi connectivity index (χ3n) is 8.83. The van der Waals surface area contributed by atoms with Gasteiger partial charge in [-0.3, -0.25) is 4.79 Å². The van der Waals surface area contributed by atoms with E-state index < -0.39 is 12.2 Å². The molecule has 3 aliphatic rings. The SMILES string of the molecule is CCc1cc(C[C@@H](OC(=O)N2CCC(N3Cc4sccc4NC3=O)CC2)C(=O)N2CCC(N(C)C)CC2)cc(Cl)c1N. The van der Waals surface area contributed by atoms with E-state index in [9.17, 15) is 14.4 Å². The number of ether oxygens (including phenoxy) is 1. The summed E-state index contributed by atoms with van der Waals surface area (Å²) in [4.78, 5) is 48.6. The van der Waals surface area contributed by atoms with Crippen molar-refractivity contribution < 1.29 is 19.1 Å². The van der Waals surface area contributed by atoms with E-state index in [2.05, 4.69) is 24.3 Å². The van der Waals surface area contributed by atoms with E-state index in [4.69, 9.17) is 22.1 Å². The largest absolute Gasteiger partial charge is 0.436 e. The highest BCUT2D eigenvalue weighted by molar-refractivity contribution is 7.10. The second-order valence-electron chi connectivity index (χ2n) is 11.6. The van der Waals surface area contributed by atoms with Gasteiger partial charge in [0.2, 0.25) is 0 Å². The van der Waals surface area contributed by atoms with Gasteiger partial charge in [-0.05, 0) is 74.8 Å². The minimum absolute atomic E-state index is 0.0316. The third-order valence-corrected chi connectivity index (χ3v) is 10.0. The number of nitrogens with two attached hydrogens (primary N) is 1. The van der Waals surface area contributed by atoms with Crippen LogP contribution in [0.25, 0.3) is 0 Å². The van der Waals surface area contributed by atoms with Crippen LogP contribution in [0.5, 0.6) is 0 Å². The van der Waals surface area contributed by atoms with Crippen LogP contribution in [0.1, 0.15) is 48.6 Å². The lowest BCUT2D eigenvalue weighted by molar-refractivity contribution is -0.142. The first-order chi connectivity index (χ1) is 20.1. The maximum atomic E-state index is 13.8. The van der Waals surface area contributed by atoms with Gasteiger partial charge in [-0.15, -0.1) is 11.3 Å². The van der Waals surface area contributed by atoms with Crippen LogP contribution in [-0.2, 0) is 28.9 Å². The summed E-state index contributed by atoms with van der Waals surface area (Å²) < 4.78 is 5.98. The average Bonchev–Trinajstić information content (AvgIpc) is 3.45. The zero-order valence-corrected chi connectivity index (χ0v) is 26.2. The Balaban J connectivity index is 1.25. The smallest absolute Gasteiger partial charge is 0.410 e. The van der Waals surface area contributed by atoms with Crippen LogP contribution in [0.15, 0.2) is 23.6 Å². The quantitative estimate of drug-likeness (QED) is 0.438. The molecule has 4 amide bonds. The first-order valence-electron chi connectivity index (χ1n) is 14.8. The van der Waals surface area contributed by atoms with Crippen LogP contribution in [-0.4, -0.2) is 96.1 Å². The summed E-state index contributed by atoms with van der Waals surface area (Å²) in [5.74, 6) is -0.182. The highest BCUT2D eigenvalue weighted by Gasteiger charge is 2.36. The molecular weight excluding hydrogens is 576 g/mol. The summed E-state index contributed by atoms with van der Waals surface area (Å²) in [5, 5.41) is 5.39. The molecule has 2 saturated heterocycles. The number of aryl methyl sites for hydroxylation is 1. The van der Waals surface area contributed by atoms with Gasteiger partial charge < -0.3 is 35.4 Å². The molecule has 0 bridgehead atoms. The Morgan fingerprint density at radius 3 is 2.50 bits per heavy atom. The van der Waals surface area contributed by atoms with Crippen molar-refractivity contribution in [1.29, 1.82) is 0 Å². The van der Waals surface area contributed by atoms with E-state index in [-0.39, 0.29) is 24.4 Å². The van der Waals surface area contributed by atoms with Crippen LogP contribution in [0, 0.1) is 0 Å². The highest BCUT2D eigenvalue weighted by atomic mass is 35.5. The summed E-state index contributed by atoms with van der Waals surface area (Å²) in [7, 11) is 4.12. The molecule has 3 N–H and O–H groups in total. The summed E-state index contributed by atoms with van der Waals surface area (Å²) in [6.45, 7) is 4.72. The van der Waals surface area contributed by atoms with Gasteiger partial charge in [-0.2, -0.15) is 0 Å². The molecule has 228 valence electrons. The van der Waals surface area contributed by atoms with Crippen molar-refractivity contribution in [2.24, 2.45) is 0 Å². The van der Waals surface area contributed by atoms with Crippen molar-refractivity contribution in [3.05, 3.63) is 44.6 Å². The number of piperidine rings is 2. The predicted molar refractivity (Wildman–Crippen MR) is 166 cm³/mol. The Kier molecular flexibility index (Phi) is 9.49. The molecule has 2 fully saturated rings. The zero-order chi connectivity index (χ0) is 30.0. The van der Waals surface area contributed by atoms with Gasteiger partial charge in [0.05, 0.1) is 22.9 Å². The molecule has 0 radical (unpaired) electrons. The molecule has 1 aromatic heterocycles. The molecule has 1 aromatic carbocycles. The molecule has 0 unspecified atom stereocenters. The first-order valence-corrected chi connectivity index (χ1v) is 16.0. The molecular formula is C30H41ClN6O4S. The number of rotatable bonds is 7. The number of benzene rings is 1. The molecule has 1 atom stereocenters. The summed E-state index contributed by atoms with van der Waals surface area (Å²) in [5.41, 5.74) is 9.28. The fraction of sp³-hybridized carbons (Fsp3) is 0.567. The van der Waals surface area contributed by atoms with E-state index in [1.165, 1.54) is 0 Å². The molecule has 10 nitrogen and oxygen atoms in total. The fourth-order valence-corrected chi connectivity index (χ4v) is 7.28. The van der Waals surface area contributed by atoms with Gasteiger partial charge in [0.25, 0.3) is 5.91 Å². The lowest BCUT2D eigenvalue weighted by Gasteiger charge is -2.40. The molecule has 42 heavy (non-hydrogen) atoms. The van der Waals surface area contributed by atoms with E-state index in [1.807, 2.05) is 34.2 Å². The minimum atomic E-state index is -0.972. The number of hydrogen-bond donors (Lipinski definition) is 2. The van der Waals surface area contributed by atoms with Crippen molar-refractivity contribution in [2.45, 2.75) is 70.2 Å². The maximum absolute atomic E-state index is 13.8. The number of fused-ring (bicyclic) bond motifs is 1. The average molecular weight is 617 g/mol. The second-order valence-corrected chi connectivity index (χ2v) is 13.0. The highest BCUT2D eigenvalue weighted by Crippen LogP contribution is 2.32. The van der Waals surface area contributed by atoms with Crippen LogP contribution >= 0.6 is 22.9 Å². The van der Waals surface area contributed by atoms with Crippen molar-refractivity contribution in [3.63, 3.8) is 0 Å². The van der Waals surface area contributed by atoms with Crippen LogP contribution in [0.4, 0.5) is 21.0 Å². The molecule has 4 heterocycles. The normalized spacial score (nSPS) is 19.1. The number of nitrogen functional groups attached to an aromatic ring is 1. The molecule has 0 spiro atoms. The lowest BCUT2D eigenvalue weighted by Crippen LogP contribution is -2.52. The maximum Gasteiger partial charge on any atom is 0.410 e. The molecule has 0 saturated carbocycles. The molecule has 0 aliphatic carbocycles. The van der Waals surface area contributed by atoms with E-state index in [0.717, 1.165) is 34.5 Å². The van der Waals surface area contributed by atoms with Gasteiger partial charge in [-0.1, -0.05) is 24.6 Å². The molecule has 5 rings (SSSR count). The fourth-order valence-electron chi connectivity index (χ4n) is 6.19. The van der Waals surface area contributed by atoms with Gasteiger partial charge in [0.15, 0.2) is 6.10 Å². The number of hydrogen-bond acceptors (Lipinski definition) is 7. The number of likely N-dealkylation sites (tertiary alicyclic amines) is 2. The number of amides is 4. The Morgan fingerprint density at radius 1 is 1.14 bits per heavy atom. The van der Waals surface area contributed by atoms with Crippen LogP contribution < -0.4 is 11.1 Å². The van der Waals surface area contributed by atoms with Gasteiger partial charge in [-0.25, -0.2) is 9.59 Å². The van der Waals surface area contributed by atoms with Crippen molar-refractivity contribution in [3.8, 4) is 0 Å². The topological polar surface area (TPSA) is 111 Å². The van der Waals surface area contributed by atoms with Crippen molar-refractivity contribution in [1.82, 2.24) is 19.6 Å². The standard InChI is InChI=1S/C30H41ClN6O4S/c1-4-20-15-19(16-23(31)27(20)32)17-25(28(38)35-10-5-21(6-11-35)34(2)3)41-30(40)36-12-7-22(8-13-36)37-18-26-24(9-14-42-26)33-29(37)39/h9,14-16,21-22,25H,4-8,10-13,17-18,32H2,1-3H3,(H,33,39)/t25-/m1/s1. The van der Waals surface area contributed by atoms with E-state index in [1.54, 1.807) is 22.3 Å². The van der Waals surface area contributed by atoms with Crippen molar-refractivity contribution >= 4 is 52.3 Å².